The van der Waals surface area contributed by atoms with Crippen LogP contribution in [0, 0.1) is 0 Å². The number of thiophene rings is 1. The molecule has 0 unspecified atom stereocenters. The fourth-order valence-corrected chi connectivity index (χ4v) is 7.72. The molecule has 0 atom stereocenters. The van der Waals surface area contributed by atoms with Crippen LogP contribution in [0.2, 0.25) is 0 Å². The van der Waals surface area contributed by atoms with Crippen LogP contribution in [-0.4, -0.2) is 0 Å². The molecule has 3 heteroatoms. The summed E-state index contributed by atoms with van der Waals surface area (Å²) in [4.78, 5) is 0. The molecule has 0 fully saturated rings. The summed E-state index contributed by atoms with van der Waals surface area (Å²) in [7, 11) is 0. The second kappa shape index (κ2) is 10.5. The Morgan fingerprint density at radius 2 is 0.978 bits per heavy atom. The van der Waals surface area contributed by atoms with E-state index >= 15 is 0 Å². The van der Waals surface area contributed by atoms with Crippen LogP contribution >= 0.6 is 11.3 Å². The van der Waals surface area contributed by atoms with E-state index in [0.29, 0.717) is 0 Å². The summed E-state index contributed by atoms with van der Waals surface area (Å²) in [5.74, 6) is 0. The zero-order valence-corrected chi connectivity index (χ0v) is 25.1. The van der Waals surface area contributed by atoms with Crippen LogP contribution in [0.5, 0.6) is 0 Å². The molecule has 212 valence electrons. The van der Waals surface area contributed by atoms with Crippen molar-refractivity contribution in [3.05, 3.63) is 158 Å². The molecule has 2 nitrogen and oxygen atoms in total. The van der Waals surface area contributed by atoms with E-state index in [2.05, 4.69) is 157 Å². The first-order valence-electron chi connectivity index (χ1n) is 15.2. The molecule has 9 rings (SSSR count). The molecule has 2 heterocycles. The van der Waals surface area contributed by atoms with Gasteiger partial charge in [-0.3, -0.25) is 0 Å². The number of rotatable bonds is 5. The maximum Gasteiger partial charge on any atom is 0.158 e. The Morgan fingerprint density at radius 1 is 0.400 bits per heavy atom. The van der Waals surface area contributed by atoms with E-state index in [1.165, 1.54) is 42.4 Å². The number of nitrogens with one attached hydrogen (secondary N) is 1. The second-order valence-corrected chi connectivity index (χ2v) is 12.4. The number of furan rings is 1. The van der Waals surface area contributed by atoms with Gasteiger partial charge in [-0.1, -0.05) is 133 Å². The van der Waals surface area contributed by atoms with E-state index in [-0.39, 0.29) is 0 Å². The summed E-state index contributed by atoms with van der Waals surface area (Å²) in [6.07, 6.45) is 0. The minimum absolute atomic E-state index is 0.865. The summed E-state index contributed by atoms with van der Waals surface area (Å²) in [6.45, 7) is 0. The van der Waals surface area contributed by atoms with Gasteiger partial charge in [0.15, 0.2) is 5.58 Å². The highest BCUT2D eigenvalue weighted by Gasteiger charge is 2.15. The van der Waals surface area contributed by atoms with Crippen molar-refractivity contribution < 1.29 is 4.42 Å². The molecule has 0 amide bonds. The molecule has 0 radical (unpaired) electrons. The van der Waals surface area contributed by atoms with Gasteiger partial charge in [-0.2, -0.15) is 0 Å². The molecular formula is C42H27NOS. The van der Waals surface area contributed by atoms with E-state index in [4.69, 9.17) is 4.42 Å². The summed E-state index contributed by atoms with van der Waals surface area (Å²) in [5, 5.41) is 8.50. The third-order valence-corrected chi connectivity index (χ3v) is 9.93. The minimum Gasteiger partial charge on any atom is -0.453 e. The van der Waals surface area contributed by atoms with Crippen LogP contribution < -0.4 is 5.32 Å². The van der Waals surface area contributed by atoms with E-state index in [1.54, 1.807) is 0 Å². The molecule has 0 aliphatic heterocycles. The van der Waals surface area contributed by atoms with Crippen molar-refractivity contribution in [1.29, 1.82) is 0 Å². The third-order valence-electron chi connectivity index (χ3n) is 8.71. The number of anilines is 2. The zero-order valence-electron chi connectivity index (χ0n) is 24.3. The largest absolute Gasteiger partial charge is 0.453 e. The highest BCUT2D eigenvalue weighted by molar-refractivity contribution is 7.26. The van der Waals surface area contributed by atoms with Crippen LogP contribution in [0.1, 0.15) is 0 Å². The van der Waals surface area contributed by atoms with Gasteiger partial charge in [0, 0.05) is 42.2 Å². The standard InChI is InChI=1S/C42H27NOS/c1-2-9-29(10-3-1)32-12-6-14-35-36-15-8-17-38(41(36)44-40(32)35)43-31-25-23-28(24-26-31)27-19-21-30(22-20-27)33-13-7-16-37-34-11-4-5-18-39(34)45-42(33)37/h1-26,43H. The predicted molar refractivity (Wildman–Crippen MR) is 193 cm³/mol. The van der Waals surface area contributed by atoms with Gasteiger partial charge in [-0.05, 0) is 52.1 Å². The number of fused-ring (bicyclic) bond motifs is 6. The summed E-state index contributed by atoms with van der Waals surface area (Å²) in [6, 6.07) is 56.0. The molecule has 2 aromatic heterocycles. The summed E-state index contributed by atoms with van der Waals surface area (Å²) < 4.78 is 9.24. The Bertz CT molecular complexity index is 2490. The number of para-hydroxylation sites is 2. The van der Waals surface area contributed by atoms with Crippen LogP contribution in [0.25, 0.3) is 75.5 Å². The lowest BCUT2D eigenvalue weighted by Gasteiger charge is -2.09. The fourth-order valence-electron chi connectivity index (χ4n) is 6.48. The molecule has 9 aromatic rings. The Hall–Kier alpha value is -5.64. The van der Waals surface area contributed by atoms with Crippen LogP contribution in [-0.2, 0) is 0 Å². The topological polar surface area (TPSA) is 25.2 Å². The molecule has 1 N–H and O–H groups in total. The van der Waals surface area contributed by atoms with Gasteiger partial charge < -0.3 is 9.73 Å². The zero-order chi connectivity index (χ0) is 29.7. The van der Waals surface area contributed by atoms with Crippen LogP contribution in [0.15, 0.2) is 162 Å². The van der Waals surface area contributed by atoms with Crippen molar-refractivity contribution in [2.45, 2.75) is 0 Å². The highest BCUT2D eigenvalue weighted by Crippen LogP contribution is 2.41. The van der Waals surface area contributed by atoms with E-state index in [1.807, 2.05) is 17.4 Å². The van der Waals surface area contributed by atoms with Crippen LogP contribution in [0.3, 0.4) is 0 Å². The SMILES string of the molecule is c1ccc(-c2cccc3c2oc2c(Nc4ccc(-c5ccc(-c6cccc7c6sc6ccccc67)cc5)cc4)cccc23)cc1. The van der Waals surface area contributed by atoms with Gasteiger partial charge in [0.1, 0.15) is 5.58 Å². The lowest BCUT2D eigenvalue weighted by Crippen LogP contribution is -1.90. The molecule has 0 bridgehead atoms. The maximum atomic E-state index is 6.56. The van der Waals surface area contributed by atoms with E-state index in [9.17, 15) is 0 Å². The molecule has 0 saturated carbocycles. The van der Waals surface area contributed by atoms with Crippen molar-refractivity contribution >= 4 is 64.8 Å². The Morgan fingerprint density at radius 3 is 1.78 bits per heavy atom. The van der Waals surface area contributed by atoms with Gasteiger partial charge in [0.2, 0.25) is 0 Å². The smallest absolute Gasteiger partial charge is 0.158 e. The van der Waals surface area contributed by atoms with Gasteiger partial charge in [0.05, 0.1) is 5.69 Å². The average Bonchev–Trinajstić information content (AvgIpc) is 3.69. The van der Waals surface area contributed by atoms with Gasteiger partial charge in [0.25, 0.3) is 0 Å². The monoisotopic (exact) mass is 593 g/mol. The molecule has 45 heavy (non-hydrogen) atoms. The van der Waals surface area contributed by atoms with Gasteiger partial charge in [-0.25, -0.2) is 0 Å². The van der Waals surface area contributed by atoms with Crippen molar-refractivity contribution in [1.82, 2.24) is 0 Å². The first-order valence-corrected chi connectivity index (χ1v) is 16.0. The number of hydrogen-bond donors (Lipinski definition) is 1. The lowest BCUT2D eigenvalue weighted by molar-refractivity contribution is 0.671. The van der Waals surface area contributed by atoms with Gasteiger partial charge >= 0.3 is 0 Å². The van der Waals surface area contributed by atoms with Gasteiger partial charge in [-0.15, -0.1) is 11.3 Å². The molecule has 0 spiro atoms. The Labute approximate surface area is 264 Å². The first-order chi connectivity index (χ1) is 22.3. The van der Waals surface area contributed by atoms with Crippen molar-refractivity contribution in [3.8, 4) is 33.4 Å². The lowest BCUT2D eigenvalue weighted by atomic mass is 9.99. The van der Waals surface area contributed by atoms with Crippen LogP contribution in [0.4, 0.5) is 11.4 Å². The predicted octanol–water partition coefficient (Wildman–Crippen LogP) is 12.7. The van der Waals surface area contributed by atoms with Crippen molar-refractivity contribution in [2.75, 3.05) is 5.32 Å². The molecule has 0 aliphatic rings. The minimum atomic E-state index is 0.865. The maximum absolute atomic E-state index is 6.56. The quantitative estimate of drug-likeness (QED) is 0.215. The summed E-state index contributed by atoms with van der Waals surface area (Å²) in [5.41, 5.74) is 10.9. The molecule has 0 saturated heterocycles. The normalized spacial score (nSPS) is 11.6. The average molecular weight is 594 g/mol. The fraction of sp³-hybridized carbons (Fsp3) is 0. The summed E-state index contributed by atoms with van der Waals surface area (Å²) >= 11 is 1.87. The third kappa shape index (κ3) is 4.40. The second-order valence-electron chi connectivity index (χ2n) is 11.4. The highest BCUT2D eigenvalue weighted by atomic mass is 32.1. The first kappa shape index (κ1) is 25.8. The Kier molecular flexibility index (Phi) is 6.03. The van der Waals surface area contributed by atoms with Crippen molar-refractivity contribution in [3.63, 3.8) is 0 Å². The van der Waals surface area contributed by atoms with E-state index in [0.717, 1.165) is 44.4 Å². The van der Waals surface area contributed by atoms with E-state index < -0.39 is 0 Å². The molecular weight excluding hydrogens is 567 g/mol. The Balaban J connectivity index is 1.01. The molecule has 7 aromatic carbocycles. The number of benzene rings is 7. The molecule has 0 aliphatic carbocycles. The number of hydrogen-bond acceptors (Lipinski definition) is 3. The van der Waals surface area contributed by atoms with Crippen molar-refractivity contribution in [2.24, 2.45) is 0 Å².